The first-order valence-electron chi connectivity index (χ1n) is 10.9. The summed E-state index contributed by atoms with van der Waals surface area (Å²) >= 11 is 0. The van der Waals surface area contributed by atoms with Gasteiger partial charge in [0.15, 0.2) is 19.5 Å². The Morgan fingerprint density at radius 1 is 0.704 bits per heavy atom. The van der Waals surface area contributed by atoms with Gasteiger partial charge in [0.25, 0.3) is 0 Å². The molecule has 0 aliphatic carbocycles. The van der Waals surface area contributed by atoms with E-state index >= 15 is 0 Å². The predicted octanol–water partition coefficient (Wildman–Crippen LogP) is 2.76. The van der Waals surface area contributed by atoms with Gasteiger partial charge in [-0.15, -0.1) is 0 Å². The third-order valence-electron chi connectivity index (χ3n) is 4.42. The molecule has 5 nitrogen and oxygen atoms in total. The molecule has 0 aromatic carbocycles. The summed E-state index contributed by atoms with van der Waals surface area (Å²) in [6.07, 6.45) is 2.23. The van der Waals surface area contributed by atoms with Gasteiger partial charge in [0, 0.05) is 39.5 Å². The molecule has 0 bridgehead atoms. The summed E-state index contributed by atoms with van der Waals surface area (Å²) < 4.78 is 23.4. The highest BCUT2D eigenvalue weighted by molar-refractivity contribution is 6.27. The molecule has 0 aromatic rings. The minimum atomic E-state index is -0.330. The number of rotatable bonds is 19. The van der Waals surface area contributed by atoms with Crippen molar-refractivity contribution >= 4 is 19.5 Å². The molecular weight excluding hydrogens is 374 g/mol. The first kappa shape index (κ1) is 27.2. The average Bonchev–Trinajstić information content (AvgIpc) is 2.60. The van der Waals surface area contributed by atoms with E-state index in [4.69, 9.17) is 18.3 Å². The highest BCUT2D eigenvalue weighted by Crippen LogP contribution is 2.17. The second-order valence-electron chi connectivity index (χ2n) is 8.33. The highest BCUT2D eigenvalue weighted by Gasteiger charge is 2.27. The third kappa shape index (κ3) is 16.9. The molecule has 0 aliphatic heterocycles. The summed E-state index contributed by atoms with van der Waals surface area (Å²) in [6.45, 7) is 21.4. The van der Waals surface area contributed by atoms with E-state index in [-0.39, 0.29) is 30.7 Å². The van der Waals surface area contributed by atoms with Crippen molar-refractivity contribution in [1.29, 1.82) is 0 Å². The maximum absolute atomic E-state index is 6.17. The van der Waals surface area contributed by atoms with Crippen molar-refractivity contribution in [2.45, 2.75) is 84.6 Å². The molecule has 7 heteroatoms. The molecule has 0 spiro atoms. The van der Waals surface area contributed by atoms with Crippen molar-refractivity contribution in [3.8, 4) is 0 Å². The largest absolute Gasteiger partial charge is 0.424 e. The summed E-state index contributed by atoms with van der Waals surface area (Å²) in [5, 5.41) is 0. The molecule has 0 rings (SSSR count). The van der Waals surface area contributed by atoms with E-state index in [9.17, 15) is 0 Å². The van der Waals surface area contributed by atoms with Crippen molar-refractivity contribution in [1.82, 2.24) is 4.90 Å². The number of hydrogen-bond acceptors (Lipinski definition) is 5. The minimum absolute atomic E-state index is 0.137. The van der Waals surface area contributed by atoms with Crippen molar-refractivity contribution in [3.63, 3.8) is 0 Å². The van der Waals surface area contributed by atoms with Crippen LogP contribution >= 0.6 is 0 Å². The zero-order valence-electron chi connectivity index (χ0n) is 19.3. The summed E-state index contributed by atoms with van der Waals surface area (Å²) in [5.74, 6) is 0. The van der Waals surface area contributed by atoms with Crippen LogP contribution in [-0.2, 0) is 18.3 Å². The first-order chi connectivity index (χ1) is 12.8. The van der Waals surface area contributed by atoms with Crippen molar-refractivity contribution in [2.75, 3.05) is 46.1 Å². The molecule has 0 aromatic heterocycles. The smallest absolute Gasteiger partial charge is 0.161 e. The number of hydrogen-bond donors (Lipinski definition) is 0. The van der Waals surface area contributed by atoms with E-state index in [1.807, 2.05) is 0 Å². The van der Waals surface area contributed by atoms with Gasteiger partial charge in [-0.1, -0.05) is 6.92 Å². The molecule has 0 fully saturated rings. The molecule has 0 N–H and O–H groups in total. The van der Waals surface area contributed by atoms with Crippen LogP contribution in [0.3, 0.4) is 0 Å². The monoisotopic (exact) mass is 421 g/mol. The molecule has 0 unspecified atom stereocenters. The summed E-state index contributed by atoms with van der Waals surface area (Å²) in [7, 11) is -0.660. The Hall–Kier alpha value is 0.234. The van der Waals surface area contributed by atoms with Crippen LogP contribution in [0.25, 0.3) is 0 Å². The van der Waals surface area contributed by atoms with Crippen molar-refractivity contribution < 1.29 is 18.3 Å². The van der Waals surface area contributed by atoms with Gasteiger partial charge < -0.3 is 18.3 Å². The van der Waals surface area contributed by atoms with E-state index in [0.29, 0.717) is 0 Å². The van der Waals surface area contributed by atoms with Gasteiger partial charge >= 0.3 is 0 Å². The highest BCUT2D eigenvalue weighted by atomic mass is 28.2. The lowest BCUT2D eigenvalue weighted by Crippen LogP contribution is -2.47. The van der Waals surface area contributed by atoms with Crippen LogP contribution in [0.15, 0.2) is 0 Å². The summed E-state index contributed by atoms with van der Waals surface area (Å²) in [6, 6.07) is 2.41. The lowest BCUT2D eigenvalue weighted by atomic mass is 10.1. The fraction of sp³-hybridized carbons (Fsp3) is 1.00. The summed E-state index contributed by atoms with van der Waals surface area (Å²) in [5.41, 5.74) is -0.273. The van der Waals surface area contributed by atoms with Gasteiger partial charge in [0.1, 0.15) is 0 Å². The molecule has 0 saturated carbocycles. The molecular formula is C20H47NO4Si2. The van der Waals surface area contributed by atoms with Gasteiger partial charge in [0.2, 0.25) is 0 Å². The van der Waals surface area contributed by atoms with Gasteiger partial charge in [-0.05, 0) is 73.0 Å². The second kappa shape index (κ2) is 16.1. The van der Waals surface area contributed by atoms with Gasteiger partial charge in [-0.3, -0.25) is 4.90 Å². The topological polar surface area (TPSA) is 40.2 Å². The Morgan fingerprint density at radius 3 is 1.44 bits per heavy atom. The Balaban J connectivity index is 4.12. The molecule has 0 radical (unpaired) electrons. The molecule has 27 heavy (non-hydrogen) atoms. The first-order valence-corrected chi connectivity index (χ1v) is 14.1. The minimum Gasteiger partial charge on any atom is -0.424 e. The quantitative estimate of drug-likeness (QED) is 0.237. The molecule has 164 valence electrons. The maximum Gasteiger partial charge on any atom is 0.161 e. The van der Waals surface area contributed by atoms with E-state index < -0.39 is 0 Å². The fourth-order valence-corrected chi connectivity index (χ4v) is 4.85. The van der Waals surface area contributed by atoms with Crippen LogP contribution < -0.4 is 0 Å². The van der Waals surface area contributed by atoms with E-state index in [1.165, 1.54) is 12.1 Å². The van der Waals surface area contributed by atoms with Crippen LogP contribution in [0.5, 0.6) is 0 Å². The summed E-state index contributed by atoms with van der Waals surface area (Å²) in [4.78, 5) is 2.45. The molecule has 0 heterocycles. The SMILES string of the molecule is CCO[SiH2]CCCOC(C)(C)CN(CC)CC(C)(C)OCCC[SiH2]OCC. The van der Waals surface area contributed by atoms with Crippen molar-refractivity contribution in [2.24, 2.45) is 0 Å². The Morgan fingerprint density at radius 2 is 1.11 bits per heavy atom. The predicted molar refractivity (Wildman–Crippen MR) is 121 cm³/mol. The number of ether oxygens (including phenoxy) is 2. The zero-order valence-corrected chi connectivity index (χ0v) is 22.1. The van der Waals surface area contributed by atoms with Gasteiger partial charge in [-0.25, -0.2) is 0 Å². The van der Waals surface area contributed by atoms with E-state index in [1.54, 1.807) is 0 Å². The van der Waals surface area contributed by atoms with Crippen LogP contribution in [0.4, 0.5) is 0 Å². The maximum atomic E-state index is 6.17. The zero-order chi connectivity index (χ0) is 20.6. The average molecular weight is 422 g/mol. The van der Waals surface area contributed by atoms with Gasteiger partial charge in [0.05, 0.1) is 11.2 Å². The third-order valence-corrected chi connectivity index (χ3v) is 7.39. The standard InChI is InChI=1S/C20H47NO4Si2/c1-8-21(17-19(4,5)22-13-11-15-26-24-9-2)18-20(6,7)23-14-12-16-27-25-10-3/h8-18,26-27H2,1-7H3. The normalized spacial score (nSPS) is 13.8. The van der Waals surface area contributed by atoms with Crippen LogP contribution in [0, 0.1) is 0 Å². The van der Waals surface area contributed by atoms with E-state index in [0.717, 1.165) is 58.9 Å². The molecule has 0 atom stereocenters. The lowest BCUT2D eigenvalue weighted by Gasteiger charge is -2.37. The number of nitrogens with zero attached hydrogens (tertiary/aromatic N) is 1. The van der Waals surface area contributed by atoms with Crippen LogP contribution in [-0.4, -0.2) is 81.7 Å². The number of likely N-dealkylation sites (N-methyl/N-ethyl adjacent to an activating group) is 1. The van der Waals surface area contributed by atoms with Crippen molar-refractivity contribution in [3.05, 3.63) is 0 Å². The molecule has 0 saturated heterocycles. The van der Waals surface area contributed by atoms with Crippen LogP contribution in [0.2, 0.25) is 12.1 Å². The second-order valence-corrected chi connectivity index (χ2v) is 11.4. The Kier molecular flexibility index (Phi) is 16.2. The lowest BCUT2D eigenvalue weighted by molar-refractivity contribution is -0.0717. The van der Waals surface area contributed by atoms with Crippen LogP contribution in [0.1, 0.15) is 61.3 Å². The Labute approximate surface area is 173 Å². The molecule has 0 amide bonds. The van der Waals surface area contributed by atoms with Gasteiger partial charge in [-0.2, -0.15) is 0 Å². The Bertz CT molecular complexity index is 314. The van der Waals surface area contributed by atoms with E-state index in [2.05, 4.69) is 53.4 Å². The molecule has 0 aliphatic rings. The fourth-order valence-electron chi connectivity index (χ4n) is 3.05.